The molecule has 0 unspecified atom stereocenters. The lowest BCUT2D eigenvalue weighted by Crippen LogP contribution is -2.25. The van der Waals surface area contributed by atoms with E-state index in [2.05, 4.69) is 26.0 Å². The maximum absolute atomic E-state index is 12.4. The number of benzene rings is 2. The Kier molecular flexibility index (Phi) is 4.41. The van der Waals surface area contributed by atoms with Crippen LogP contribution in [0.4, 0.5) is 5.69 Å². The van der Waals surface area contributed by atoms with Crippen LogP contribution in [0, 0.1) is 0 Å². The van der Waals surface area contributed by atoms with Crippen LogP contribution in [0.2, 0.25) is 0 Å². The quantitative estimate of drug-likeness (QED) is 0.817. The highest BCUT2D eigenvalue weighted by Gasteiger charge is 2.24. The molecule has 0 aliphatic heterocycles. The zero-order valence-electron chi connectivity index (χ0n) is 12.1. The highest BCUT2D eigenvalue weighted by atomic mass is 79.9. The second kappa shape index (κ2) is 6.33. The van der Waals surface area contributed by atoms with Crippen molar-refractivity contribution in [2.24, 2.45) is 0 Å². The summed E-state index contributed by atoms with van der Waals surface area (Å²) in [5.74, 6) is -0.170. The summed E-state index contributed by atoms with van der Waals surface area (Å²) in [7, 11) is -3.69. The van der Waals surface area contributed by atoms with E-state index >= 15 is 0 Å². The fourth-order valence-electron chi connectivity index (χ4n) is 2.05. The van der Waals surface area contributed by atoms with Gasteiger partial charge in [0.2, 0.25) is 0 Å². The van der Waals surface area contributed by atoms with Crippen molar-refractivity contribution in [2.75, 3.05) is 4.72 Å². The lowest BCUT2D eigenvalue weighted by Gasteiger charge is -2.09. The van der Waals surface area contributed by atoms with E-state index in [4.69, 9.17) is 0 Å². The van der Waals surface area contributed by atoms with E-state index in [0.717, 1.165) is 17.3 Å². The van der Waals surface area contributed by atoms with E-state index in [1.807, 2.05) is 6.07 Å². The highest BCUT2D eigenvalue weighted by molar-refractivity contribution is 9.10. The van der Waals surface area contributed by atoms with Gasteiger partial charge in [0.25, 0.3) is 15.9 Å². The third kappa shape index (κ3) is 4.11. The minimum atomic E-state index is -3.69. The molecule has 1 aliphatic rings. The number of carbonyl (C=O) groups is 1. The molecule has 0 atom stereocenters. The van der Waals surface area contributed by atoms with E-state index in [1.54, 1.807) is 18.2 Å². The summed E-state index contributed by atoms with van der Waals surface area (Å²) >= 11 is 3.30. The molecule has 1 saturated carbocycles. The number of sulfonamides is 1. The molecule has 120 valence electrons. The zero-order chi connectivity index (χ0) is 16.4. The number of hydrogen-bond acceptors (Lipinski definition) is 3. The smallest absolute Gasteiger partial charge is 0.261 e. The van der Waals surface area contributed by atoms with Crippen molar-refractivity contribution in [1.82, 2.24) is 5.32 Å². The number of hydrogen-bond donors (Lipinski definition) is 2. The first-order valence-electron chi connectivity index (χ1n) is 7.13. The van der Waals surface area contributed by atoms with Gasteiger partial charge in [-0.1, -0.05) is 22.0 Å². The van der Waals surface area contributed by atoms with Gasteiger partial charge in [-0.3, -0.25) is 9.52 Å². The molecule has 23 heavy (non-hydrogen) atoms. The maximum Gasteiger partial charge on any atom is 0.261 e. The van der Waals surface area contributed by atoms with Crippen molar-refractivity contribution in [3.8, 4) is 0 Å². The Morgan fingerprint density at radius 1 is 1.09 bits per heavy atom. The molecule has 2 N–H and O–H groups in total. The molecule has 0 heterocycles. The SMILES string of the molecule is O=C(NC1CC1)c1ccc(S(=O)(=O)Nc2cccc(Br)c2)cc1. The average Bonchev–Trinajstić information content (AvgIpc) is 3.31. The molecule has 1 amide bonds. The van der Waals surface area contributed by atoms with Gasteiger partial charge >= 0.3 is 0 Å². The van der Waals surface area contributed by atoms with Crippen LogP contribution < -0.4 is 10.0 Å². The summed E-state index contributed by atoms with van der Waals surface area (Å²) in [5, 5.41) is 2.87. The summed E-state index contributed by atoms with van der Waals surface area (Å²) < 4.78 is 28.0. The molecular weight excluding hydrogens is 380 g/mol. The number of halogens is 1. The monoisotopic (exact) mass is 394 g/mol. The van der Waals surface area contributed by atoms with Gasteiger partial charge in [0.05, 0.1) is 4.90 Å². The second-order valence-electron chi connectivity index (χ2n) is 5.39. The minimum absolute atomic E-state index is 0.112. The molecule has 0 bridgehead atoms. The average molecular weight is 395 g/mol. The van der Waals surface area contributed by atoms with E-state index in [1.165, 1.54) is 24.3 Å². The van der Waals surface area contributed by atoms with Gasteiger partial charge < -0.3 is 5.32 Å². The maximum atomic E-state index is 12.4. The fourth-order valence-corrected chi connectivity index (χ4v) is 3.50. The largest absolute Gasteiger partial charge is 0.349 e. The Bertz CT molecular complexity index is 831. The van der Waals surface area contributed by atoms with Gasteiger partial charge in [0.15, 0.2) is 0 Å². The van der Waals surface area contributed by atoms with Crippen molar-refractivity contribution in [1.29, 1.82) is 0 Å². The predicted octanol–water partition coefficient (Wildman–Crippen LogP) is 3.14. The van der Waals surface area contributed by atoms with Crippen LogP contribution in [0.15, 0.2) is 57.9 Å². The molecular formula is C16H15BrN2O3S. The minimum Gasteiger partial charge on any atom is -0.349 e. The van der Waals surface area contributed by atoms with Crippen molar-refractivity contribution in [3.63, 3.8) is 0 Å². The van der Waals surface area contributed by atoms with Crippen molar-refractivity contribution >= 4 is 37.5 Å². The Hall–Kier alpha value is -1.86. The molecule has 0 spiro atoms. The number of nitrogens with one attached hydrogen (secondary N) is 2. The third-order valence-corrected chi connectivity index (χ3v) is 5.31. The van der Waals surface area contributed by atoms with E-state index in [0.29, 0.717) is 11.3 Å². The molecule has 1 fully saturated rings. The Labute approximate surface area is 143 Å². The van der Waals surface area contributed by atoms with Gasteiger partial charge in [0, 0.05) is 21.8 Å². The first-order chi connectivity index (χ1) is 10.9. The molecule has 1 aliphatic carbocycles. The van der Waals surface area contributed by atoms with Crippen molar-refractivity contribution in [3.05, 3.63) is 58.6 Å². The molecule has 5 nitrogen and oxygen atoms in total. The van der Waals surface area contributed by atoms with Crippen LogP contribution in [0.25, 0.3) is 0 Å². The summed E-state index contributed by atoms with van der Waals surface area (Å²) in [6.07, 6.45) is 2.02. The summed E-state index contributed by atoms with van der Waals surface area (Å²) in [6.45, 7) is 0. The summed E-state index contributed by atoms with van der Waals surface area (Å²) in [6, 6.07) is 13.1. The molecule has 0 radical (unpaired) electrons. The van der Waals surface area contributed by atoms with Crippen LogP contribution in [-0.2, 0) is 10.0 Å². The highest BCUT2D eigenvalue weighted by Crippen LogP contribution is 2.21. The summed E-state index contributed by atoms with van der Waals surface area (Å²) in [5.41, 5.74) is 0.924. The standard InChI is InChI=1S/C16H15BrN2O3S/c17-12-2-1-3-14(10-12)19-23(21,22)15-8-4-11(5-9-15)16(20)18-13-6-7-13/h1-5,8-10,13,19H,6-7H2,(H,18,20). The van der Waals surface area contributed by atoms with Gasteiger partial charge in [-0.2, -0.15) is 0 Å². The zero-order valence-corrected chi connectivity index (χ0v) is 14.5. The van der Waals surface area contributed by atoms with Gasteiger partial charge in [-0.25, -0.2) is 8.42 Å². The Morgan fingerprint density at radius 2 is 1.78 bits per heavy atom. The Balaban J connectivity index is 1.75. The molecule has 0 aromatic heterocycles. The lowest BCUT2D eigenvalue weighted by atomic mass is 10.2. The van der Waals surface area contributed by atoms with Gasteiger partial charge in [-0.15, -0.1) is 0 Å². The number of amides is 1. The van der Waals surface area contributed by atoms with Gasteiger partial charge in [0.1, 0.15) is 0 Å². The lowest BCUT2D eigenvalue weighted by molar-refractivity contribution is 0.0951. The Morgan fingerprint density at radius 3 is 2.39 bits per heavy atom. The predicted molar refractivity (Wildman–Crippen MR) is 91.9 cm³/mol. The normalized spacial score (nSPS) is 14.3. The van der Waals surface area contributed by atoms with Crippen LogP contribution in [-0.4, -0.2) is 20.4 Å². The van der Waals surface area contributed by atoms with Crippen LogP contribution in [0.5, 0.6) is 0 Å². The number of rotatable bonds is 5. The topological polar surface area (TPSA) is 75.3 Å². The molecule has 3 rings (SSSR count). The molecule has 2 aromatic carbocycles. The first kappa shape index (κ1) is 16.0. The van der Waals surface area contributed by atoms with Crippen molar-refractivity contribution < 1.29 is 13.2 Å². The van der Waals surface area contributed by atoms with Crippen LogP contribution >= 0.6 is 15.9 Å². The van der Waals surface area contributed by atoms with E-state index in [9.17, 15) is 13.2 Å². The first-order valence-corrected chi connectivity index (χ1v) is 9.41. The van der Waals surface area contributed by atoms with E-state index in [-0.39, 0.29) is 16.8 Å². The third-order valence-electron chi connectivity index (χ3n) is 3.42. The van der Waals surface area contributed by atoms with Crippen LogP contribution in [0.1, 0.15) is 23.2 Å². The number of carbonyl (C=O) groups excluding carboxylic acids is 1. The molecule has 0 saturated heterocycles. The number of anilines is 1. The summed E-state index contributed by atoms with van der Waals surface area (Å²) in [4.78, 5) is 12.0. The fraction of sp³-hybridized carbons (Fsp3) is 0.188. The van der Waals surface area contributed by atoms with Gasteiger partial charge in [-0.05, 0) is 55.3 Å². The second-order valence-corrected chi connectivity index (χ2v) is 7.99. The molecule has 2 aromatic rings. The van der Waals surface area contributed by atoms with Crippen molar-refractivity contribution in [2.45, 2.75) is 23.8 Å². The molecule has 7 heteroatoms. The van der Waals surface area contributed by atoms with E-state index < -0.39 is 10.0 Å². The van der Waals surface area contributed by atoms with Crippen LogP contribution in [0.3, 0.4) is 0 Å².